The zero-order chi connectivity index (χ0) is 11.6. The van der Waals surface area contributed by atoms with E-state index in [0.29, 0.717) is 13.1 Å². The van der Waals surface area contributed by atoms with Crippen LogP contribution in [0, 0.1) is 0 Å². The Morgan fingerprint density at radius 1 is 1.53 bits per heavy atom. The molecule has 0 aromatic rings. The summed E-state index contributed by atoms with van der Waals surface area (Å²) in [6.07, 6.45) is 0. The number of nitrogens with zero attached hydrogens (tertiary/aromatic N) is 1. The molecule has 0 radical (unpaired) electrons. The number of carbonyl (C=O) groups is 2. The highest BCUT2D eigenvalue weighted by Gasteiger charge is 2.40. The summed E-state index contributed by atoms with van der Waals surface area (Å²) in [7, 11) is 0. The predicted molar refractivity (Wildman–Crippen MR) is 57.5 cm³/mol. The fourth-order valence-electron chi connectivity index (χ4n) is 1.58. The van der Waals surface area contributed by atoms with Gasteiger partial charge in [0.25, 0.3) is 0 Å². The number of amides is 3. The number of nitrogens with one attached hydrogen (secondary N) is 2. The second-order valence-electron chi connectivity index (χ2n) is 4.57. The molecule has 0 aliphatic carbocycles. The molecule has 1 fully saturated rings. The van der Waals surface area contributed by atoms with Gasteiger partial charge >= 0.3 is 6.03 Å². The minimum atomic E-state index is -0.767. The number of carbonyl (C=O) groups excluding carboxylic acids is 2. The smallest absolute Gasteiger partial charge is 0.318 e. The van der Waals surface area contributed by atoms with Crippen LogP contribution in [0.4, 0.5) is 4.79 Å². The molecule has 1 aliphatic heterocycles. The normalized spacial score (nSPS) is 20.1. The zero-order valence-corrected chi connectivity index (χ0v) is 9.76. The summed E-state index contributed by atoms with van der Waals surface area (Å²) >= 11 is 0. The van der Waals surface area contributed by atoms with Gasteiger partial charge in [-0.25, -0.2) is 4.79 Å². The molecule has 0 spiro atoms. The van der Waals surface area contributed by atoms with Crippen LogP contribution in [0.3, 0.4) is 0 Å². The number of rotatable bonds is 1. The molecule has 2 N–H and O–H groups in total. The van der Waals surface area contributed by atoms with Crippen molar-refractivity contribution in [2.75, 3.05) is 13.1 Å². The highest BCUT2D eigenvalue weighted by atomic mass is 16.2. The van der Waals surface area contributed by atoms with Gasteiger partial charge in [-0.05, 0) is 27.7 Å². The predicted octanol–water partition coefficient (Wildman–Crippen LogP) is 0.315. The van der Waals surface area contributed by atoms with Crippen molar-refractivity contribution < 1.29 is 9.59 Å². The Morgan fingerprint density at radius 2 is 2.13 bits per heavy atom. The van der Waals surface area contributed by atoms with E-state index in [1.165, 1.54) is 0 Å². The maximum atomic E-state index is 11.8. The molecule has 1 aliphatic rings. The molecular formula is C10H19N3O2. The van der Waals surface area contributed by atoms with E-state index in [1.54, 1.807) is 18.7 Å². The second-order valence-corrected chi connectivity index (χ2v) is 4.57. The van der Waals surface area contributed by atoms with Crippen molar-refractivity contribution >= 4 is 11.9 Å². The average molecular weight is 213 g/mol. The summed E-state index contributed by atoms with van der Waals surface area (Å²) in [5, 5.41) is 5.55. The lowest BCUT2D eigenvalue weighted by Gasteiger charge is -2.41. The first-order chi connectivity index (χ1) is 6.85. The fourth-order valence-corrected chi connectivity index (χ4v) is 1.58. The maximum absolute atomic E-state index is 11.8. The van der Waals surface area contributed by atoms with Crippen molar-refractivity contribution in [1.82, 2.24) is 15.5 Å². The third-order valence-corrected chi connectivity index (χ3v) is 2.51. The molecule has 1 rings (SSSR count). The van der Waals surface area contributed by atoms with Crippen LogP contribution < -0.4 is 10.6 Å². The van der Waals surface area contributed by atoms with Crippen molar-refractivity contribution in [3.05, 3.63) is 0 Å². The summed E-state index contributed by atoms with van der Waals surface area (Å²) in [6.45, 7) is 8.37. The standard InChI is InChI=1S/C10H19N3O2/c1-7(2)12-9(15)13-6-5-11-8(14)10(13,3)4/h7H,5-6H2,1-4H3,(H,11,14)(H,12,15). The Morgan fingerprint density at radius 3 is 2.67 bits per heavy atom. The molecule has 1 saturated heterocycles. The Balaban J connectivity index is 2.75. The maximum Gasteiger partial charge on any atom is 0.318 e. The molecule has 15 heavy (non-hydrogen) atoms. The Kier molecular flexibility index (Phi) is 3.21. The lowest BCUT2D eigenvalue weighted by molar-refractivity contribution is -0.132. The van der Waals surface area contributed by atoms with Crippen LogP contribution in [0.5, 0.6) is 0 Å². The van der Waals surface area contributed by atoms with E-state index >= 15 is 0 Å². The topological polar surface area (TPSA) is 61.4 Å². The third-order valence-electron chi connectivity index (χ3n) is 2.51. The molecule has 86 valence electrons. The highest BCUT2D eigenvalue weighted by molar-refractivity contribution is 5.91. The van der Waals surface area contributed by atoms with Gasteiger partial charge in [0.2, 0.25) is 5.91 Å². The highest BCUT2D eigenvalue weighted by Crippen LogP contribution is 2.17. The molecule has 0 bridgehead atoms. The first-order valence-electron chi connectivity index (χ1n) is 5.22. The van der Waals surface area contributed by atoms with Crippen LogP contribution in [0.25, 0.3) is 0 Å². The molecule has 3 amide bonds. The van der Waals surface area contributed by atoms with Crippen LogP contribution in [0.1, 0.15) is 27.7 Å². The number of urea groups is 1. The van der Waals surface area contributed by atoms with Crippen LogP contribution in [-0.2, 0) is 4.79 Å². The molecule has 0 saturated carbocycles. The zero-order valence-electron chi connectivity index (χ0n) is 9.76. The van der Waals surface area contributed by atoms with Gasteiger partial charge in [-0.15, -0.1) is 0 Å². The quantitative estimate of drug-likeness (QED) is 0.658. The largest absolute Gasteiger partial charge is 0.352 e. The lowest BCUT2D eigenvalue weighted by Crippen LogP contribution is -2.65. The number of hydrogen-bond donors (Lipinski definition) is 2. The van der Waals surface area contributed by atoms with Gasteiger partial charge in [-0.1, -0.05) is 0 Å². The van der Waals surface area contributed by atoms with E-state index < -0.39 is 5.54 Å². The van der Waals surface area contributed by atoms with Crippen LogP contribution >= 0.6 is 0 Å². The Bertz CT molecular complexity index is 274. The van der Waals surface area contributed by atoms with E-state index in [1.807, 2.05) is 13.8 Å². The fraction of sp³-hybridized carbons (Fsp3) is 0.800. The summed E-state index contributed by atoms with van der Waals surface area (Å²) in [4.78, 5) is 25.0. The summed E-state index contributed by atoms with van der Waals surface area (Å²) in [6, 6.07) is -0.0943. The van der Waals surface area contributed by atoms with Gasteiger partial charge < -0.3 is 15.5 Å². The minimum Gasteiger partial charge on any atom is -0.352 e. The lowest BCUT2D eigenvalue weighted by atomic mass is 9.99. The average Bonchev–Trinajstić information content (AvgIpc) is 2.08. The first-order valence-corrected chi connectivity index (χ1v) is 5.22. The first kappa shape index (κ1) is 11.8. The van der Waals surface area contributed by atoms with Crippen molar-refractivity contribution in [3.8, 4) is 0 Å². The molecule has 0 aromatic heterocycles. The van der Waals surface area contributed by atoms with E-state index in [0.717, 1.165) is 0 Å². The number of hydrogen-bond acceptors (Lipinski definition) is 2. The van der Waals surface area contributed by atoms with Crippen molar-refractivity contribution in [2.24, 2.45) is 0 Å². The summed E-state index contributed by atoms with van der Waals surface area (Å²) in [5.41, 5.74) is -0.767. The third kappa shape index (κ3) is 2.40. The number of piperazine rings is 1. The summed E-state index contributed by atoms with van der Waals surface area (Å²) in [5.74, 6) is -0.104. The SMILES string of the molecule is CC(C)NC(=O)N1CCNC(=O)C1(C)C. The summed E-state index contributed by atoms with van der Waals surface area (Å²) < 4.78 is 0. The molecular weight excluding hydrogens is 194 g/mol. The van der Waals surface area contributed by atoms with Gasteiger partial charge in [0.15, 0.2) is 0 Å². The second kappa shape index (κ2) is 4.08. The van der Waals surface area contributed by atoms with Crippen LogP contribution in [-0.4, -0.2) is 41.5 Å². The van der Waals surface area contributed by atoms with Gasteiger partial charge in [0.1, 0.15) is 5.54 Å². The van der Waals surface area contributed by atoms with Gasteiger partial charge in [0, 0.05) is 19.1 Å². The van der Waals surface area contributed by atoms with Gasteiger partial charge in [-0.2, -0.15) is 0 Å². The van der Waals surface area contributed by atoms with Crippen LogP contribution in [0.15, 0.2) is 0 Å². The Labute approximate surface area is 90.2 Å². The molecule has 1 heterocycles. The minimum absolute atomic E-state index is 0.0817. The van der Waals surface area contributed by atoms with Gasteiger partial charge in [0.05, 0.1) is 0 Å². The van der Waals surface area contributed by atoms with Gasteiger partial charge in [-0.3, -0.25) is 4.79 Å². The van der Waals surface area contributed by atoms with E-state index in [4.69, 9.17) is 0 Å². The van der Waals surface area contributed by atoms with Crippen molar-refractivity contribution in [3.63, 3.8) is 0 Å². The van der Waals surface area contributed by atoms with Crippen LogP contribution in [0.2, 0.25) is 0 Å². The molecule has 5 nitrogen and oxygen atoms in total. The van der Waals surface area contributed by atoms with Crippen molar-refractivity contribution in [2.45, 2.75) is 39.3 Å². The Hall–Kier alpha value is -1.26. The van der Waals surface area contributed by atoms with Crippen molar-refractivity contribution in [1.29, 1.82) is 0 Å². The monoisotopic (exact) mass is 213 g/mol. The van der Waals surface area contributed by atoms with E-state index in [2.05, 4.69) is 10.6 Å². The molecule has 0 unspecified atom stereocenters. The molecule has 0 atom stereocenters. The molecule has 0 aromatic carbocycles. The van der Waals surface area contributed by atoms with E-state index in [-0.39, 0.29) is 18.0 Å². The molecule has 5 heteroatoms. The van der Waals surface area contributed by atoms with E-state index in [9.17, 15) is 9.59 Å².